The minimum Gasteiger partial charge on any atom is -0.207 e. The maximum atomic E-state index is 12.4. The van der Waals surface area contributed by atoms with Crippen LogP contribution in [0.25, 0.3) is 0 Å². The second-order valence-corrected chi connectivity index (χ2v) is 8.74. The zero-order valence-electron chi connectivity index (χ0n) is 12.6. The molecule has 1 aliphatic carbocycles. The van der Waals surface area contributed by atoms with E-state index in [2.05, 4.69) is 25.5 Å². The molecule has 0 unspecified atom stereocenters. The Kier molecular flexibility index (Phi) is 4.81. The Balaban J connectivity index is 2.18. The Labute approximate surface area is 132 Å². The standard InChI is InChI=1S/C16H22ClNO2S/c1-16(2,3)12-8-10-13(11-9-12)21(19,20)18-15-7-5-4-6-14(15)17/h4-5,8-11,14-15,18H,6-7H2,1-3H3/t14-,15-/m1/s1. The molecular weight excluding hydrogens is 306 g/mol. The lowest BCUT2D eigenvalue weighted by atomic mass is 9.87. The Morgan fingerprint density at radius 1 is 1.10 bits per heavy atom. The van der Waals surface area contributed by atoms with Gasteiger partial charge in [0.25, 0.3) is 0 Å². The van der Waals surface area contributed by atoms with E-state index in [1.807, 2.05) is 24.3 Å². The van der Waals surface area contributed by atoms with Gasteiger partial charge in [0.15, 0.2) is 0 Å². The summed E-state index contributed by atoms with van der Waals surface area (Å²) in [5, 5.41) is -0.196. The Hall–Kier alpha value is -0.840. The SMILES string of the molecule is CC(C)(C)c1ccc(S(=O)(=O)N[C@@H]2CC=CC[C@H]2Cl)cc1. The molecule has 0 aromatic heterocycles. The normalized spacial score (nSPS) is 23.2. The van der Waals surface area contributed by atoms with Crippen LogP contribution in [0.1, 0.15) is 39.2 Å². The molecule has 2 rings (SSSR count). The van der Waals surface area contributed by atoms with Gasteiger partial charge in [0.1, 0.15) is 0 Å². The number of halogens is 1. The van der Waals surface area contributed by atoms with Crippen LogP contribution < -0.4 is 4.72 Å². The first-order valence-corrected chi connectivity index (χ1v) is 9.04. The van der Waals surface area contributed by atoms with Crippen LogP contribution in [0.3, 0.4) is 0 Å². The van der Waals surface area contributed by atoms with E-state index in [-0.39, 0.29) is 21.7 Å². The Bertz CT molecular complexity index is 615. The van der Waals surface area contributed by atoms with Crippen molar-refractivity contribution in [2.45, 2.75) is 55.3 Å². The minimum atomic E-state index is -3.52. The van der Waals surface area contributed by atoms with Gasteiger partial charge in [0.05, 0.1) is 10.3 Å². The van der Waals surface area contributed by atoms with Crippen LogP contribution in [0.15, 0.2) is 41.3 Å². The van der Waals surface area contributed by atoms with E-state index in [1.54, 1.807) is 12.1 Å². The fraction of sp³-hybridized carbons (Fsp3) is 0.500. The summed E-state index contributed by atoms with van der Waals surface area (Å²) in [7, 11) is -3.52. The number of alkyl halides is 1. The highest BCUT2D eigenvalue weighted by molar-refractivity contribution is 7.89. The van der Waals surface area contributed by atoms with E-state index >= 15 is 0 Å². The van der Waals surface area contributed by atoms with Gasteiger partial charge in [-0.1, -0.05) is 45.1 Å². The highest BCUT2D eigenvalue weighted by atomic mass is 35.5. The highest BCUT2D eigenvalue weighted by Gasteiger charge is 2.26. The van der Waals surface area contributed by atoms with Gasteiger partial charge in [-0.3, -0.25) is 0 Å². The Morgan fingerprint density at radius 2 is 1.67 bits per heavy atom. The molecule has 21 heavy (non-hydrogen) atoms. The number of allylic oxidation sites excluding steroid dienone is 1. The summed E-state index contributed by atoms with van der Waals surface area (Å²) < 4.78 is 27.5. The highest BCUT2D eigenvalue weighted by Crippen LogP contribution is 2.24. The number of benzene rings is 1. The molecule has 0 radical (unpaired) electrons. The molecule has 0 bridgehead atoms. The molecule has 0 saturated carbocycles. The molecule has 3 nitrogen and oxygen atoms in total. The monoisotopic (exact) mass is 327 g/mol. The van der Waals surface area contributed by atoms with Crippen molar-refractivity contribution in [3.63, 3.8) is 0 Å². The summed E-state index contributed by atoms with van der Waals surface area (Å²) in [6.45, 7) is 6.30. The lowest BCUT2D eigenvalue weighted by Gasteiger charge is -2.24. The van der Waals surface area contributed by atoms with E-state index in [0.29, 0.717) is 12.8 Å². The molecule has 0 amide bonds. The lowest BCUT2D eigenvalue weighted by molar-refractivity contribution is 0.526. The van der Waals surface area contributed by atoms with Gasteiger partial charge < -0.3 is 0 Å². The summed E-state index contributed by atoms with van der Waals surface area (Å²) >= 11 is 6.18. The third-order valence-corrected chi connectivity index (χ3v) is 5.68. The topological polar surface area (TPSA) is 46.2 Å². The minimum absolute atomic E-state index is 0.00508. The van der Waals surface area contributed by atoms with Crippen molar-refractivity contribution in [1.82, 2.24) is 4.72 Å². The van der Waals surface area contributed by atoms with Crippen molar-refractivity contribution in [2.24, 2.45) is 0 Å². The summed E-state index contributed by atoms with van der Waals surface area (Å²) in [5.41, 5.74) is 1.11. The zero-order valence-corrected chi connectivity index (χ0v) is 14.2. The summed E-state index contributed by atoms with van der Waals surface area (Å²) in [6.07, 6.45) is 5.28. The summed E-state index contributed by atoms with van der Waals surface area (Å²) in [6, 6.07) is 6.81. The van der Waals surface area contributed by atoms with Gasteiger partial charge in [0, 0.05) is 6.04 Å². The van der Waals surface area contributed by atoms with Gasteiger partial charge in [-0.15, -0.1) is 11.6 Å². The third kappa shape index (κ3) is 4.09. The van der Waals surface area contributed by atoms with Gasteiger partial charge >= 0.3 is 0 Å². The van der Waals surface area contributed by atoms with E-state index in [9.17, 15) is 8.42 Å². The van der Waals surface area contributed by atoms with E-state index in [4.69, 9.17) is 11.6 Å². The summed E-state index contributed by atoms with van der Waals surface area (Å²) in [5.74, 6) is 0. The van der Waals surface area contributed by atoms with E-state index in [0.717, 1.165) is 5.56 Å². The van der Waals surface area contributed by atoms with Crippen LogP contribution in [-0.2, 0) is 15.4 Å². The van der Waals surface area contributed by atoms with Gasteiger partial charge in [-0.05, 0) is 36.0 Å². The van der Waals surface area contributed by atoms with Crippen molar-refractivity contribution < 1.29 is 8.42 Å². The predicted octanol–water partition coefficient (Wildman–Crippen LogP) is 3.59. The Morgan fingerprint density at radius 3 is 2.19 bits per heavy atom. The molecule has 0 aliphatic heterocycles. The molecule has 1 N–H and O–H groups in total. The van der Waals surface area contributed by atoms with Gasteiger partial charge in [-0.2, -0.15) is 0 Å². The molecule has 116 valence electrons. The number of rotatable bonds is 3. The number of hydrogen-bond donors (Lipinski definition) is 1. The first-order valence-electron chi connectivity index (χ1n) is 7.12. The van der Waals surface area contributed by atoms with Gasteiger partial charge in [0.2, 0.25) is 10.0 Å². The number of sulfonamides is 1. The molecule has 2 atom stereocenters. The first-order chi connectivity index (χ1) is 9.70. The van der Waals surface area contributed by atoms with Crippen molar-refractivity contribution in [2.75, 3.05) is 0 Å². The summed E-state index contributed by atoms with van der Waals surface area (Å²) in [4.78, 5) is 0.286. The smallest absolute Gasteiger partial charge is 0.207 e. The van der Waals surface area contributed by atoms with Crippen LogP contribution in [0.4, 0.5) is 0 Å². The fourth-order valence-corrected chi connectivity index (χ4v) is 3.94. The zero-order chi connectivity index (χ0) is 15.7. The van der Waals surface area contributed by atoms with Crippen LogP contribution in [0.2, 0.25) is 0 Å². The van der Waals surface area contributed by atoms with Crippen molar-refractivity contribution >= 4 is 21.6 Å². The third-order valence-electron chi connectivity index (χ3n) is 3.69. The maximum Gasteiger partial charge on any atom is 0.240 e. The second kappa shape index (κ2) is 6.11. The predicted molar refractivity (Wildman–Crippen MR) is 87.3 cm³/mol. The van der Waals surface area contributed by atoms with Crippen LogP contribution in [-0.4, -0.2) is 19.8 Å². The number of hydrogen-bond acceptors (Lipinski definition) is 2. The van der Waals surface area contributed by atoms with Crippen molar-refractivity contribution in [3.8, 4) is 0 Å². The first kappa shape index (κ1) is 16.5. The van der Waals surface area contributed by atoms with Crippen LogP contribution >= 0.6 is 11.6 Å². The molecule has 5 heteroatoms. The maximum absolute atomic E-state index is 12.4. The second-order valence-electron chi connectivity index (χ2n) is 6.46. The number of nitrogens with one attached hydrogen (secondary N) is 1. The molecular formula is C16H22ClNO2S. The largest absolute Gasteiger partial charge is 0.240 e. The van der Waals surface area contributed by atoms with Crippen LogP contribution in [0, 0.1) is 0 Å². The molecule has 0 saturated heterocycles. The fourth-order valence-electron chi connectivity index (χ4n) is 2.30. The average Bonchev–Trinajstić information content (AvgIpc) is 2.40. The van der Waals surface area contributed by atoms with Gasteiger partial charge in [-0.25, -0.2) is 13.1 Å². The van der Waals surface area contributed by atoms with Crippen molar-refractivity contribution in [3.05, 3.63) is 42.0 Å². The lowest BCUT2D eigenvalue weighted by Crippen LogP contribution is -2.41. The quantitative estimate of drug-likeness (QED) is 0.681. The van der Waals surface area contributed by atoms with Crippen LogP contribution in [0.5, 0.6) is 0 Å². The molecule has 0 spiro atoms. The van der Waals surface area contributed by atoms with E-state index in [1.165, 1.54) is 0 Å². The molecule has 0 heterocycles. The van der Waals surface area contributed by atoms with E-state index < -0.39 is 10.0 Å². The van der Waals surface area contributed by atoms with Crippen molar-refractivity contribution in [1.29, 1.82) is 0 Å². The molecule has 1 aromatic rings. The molecule has 1 aromatic carbocycles. The molecule has 1 aliphatic rings. The average molecular weight is 328 g/mol. The molecule has 0 fully saturated rings.